The first-order valence-electron chi connectivity index (χ1n) is 12.1. The third-order valence-electron chi connectivity index (χ3n) is 6.29. The molecule has 1 aliphatic rings. The smallest absolute Gasteiger partial charge is 0.267 e. The van der Waals surface area contributed by atoms with Crippen LogP contribution < -0.4 is 10.9 Å². The van der Waals surface area contributed by atoms with Gasteiger partial charge in [-0.05, 0) is 80.8 Å². The molecule has 0 atom stereocenters. The van der Waals surface area contributed by atoms with Crippen LogP contribution in [0.2, 0.25) is 0 Å². The van der Waals surface area contributed by atoms with E-state index < -0.39 is 0 Å². The molecule has 38 heavy (non-hydrogen) atoms. The minimum absolute atomic E-state index is 0.0255. The summed E-state index contributed by atoms with van der Waals surface area (Å²) < 4.78 is 2.64. The lowest BCUT2D eigenvalue weighted by molar-refractivity contribution is -0.0980. The van der Waals surface area contributed by atoms with E-state index in [4.69, 9.17) is 4.79 Å². The summed E-state index contributed by atoms with van der Waals surface area (Å²) in [5.74, 6) is 1.76. The summed E-state index contributed by atoms with van der Waals surface area (Å²) in [5.41, 5.74) is 3.83. The number of carbonyl (C=O) groups is 1. The zero-order chi connectivity index (χ0) is 28.2. The Labute approximate surface area is 230 Å². The molecule has 0 spiro atoms. The normalized spacial score (nSPS) is 13.4. The van der Waals surface area contributed by atoms with Crippen molar-refractivity contribution in [1.82, 2.24) is 29.7 Å². The molecule has 0 radical (unpaired) electrons. The number of carbonyl (C=O) groups excluding carboxylic acids is 1. The van der Waals surface area contributed by atoms with Gasteiger partial charge in [0.2, 0.25) is 0 Å². The van der Waals surface area contributed by atoms with E-state index in [0.717, 1.165) is 52.5 Å². The summed E-state index contributed by atoms with van der Waals surface area (Å²) in [6.07, 6.45) is 4.15. The zero-order valence-electron chi connectivity index (χ0n) is 22.1. The lowest BCUT2D eigenvalue weighted by Crippen LogP contribution is -2.33. The maximum absolute atomic E-state index is 10.6. The molecule has 0 unspecified atom stereocenters. The molecule has 0 amide bonds. The highest BCUT2D eigenvalue weighted by atomic mass is 79.9. The molecule has 11 heteroatoms. The third-order valence-corrected chi connectivity index (χ3v) is 6.84. The number of nitrogens with one attached hydrogen (secondary N) is 3. The van der Waals surface area contributed by atoms with E-state index >= 15 is 0 Å². The minimum atomic E-state index is -0.0255. The average molecular weight is 587 g/mol. The quantitative estimate of drug-likeness (QED) is 0.258. The number of benzene rings is 1. The maximum atomic E-state index is 10.6. The lowest BCUT2D eigenvalue weighted by atomic mass is 9.97. The Bertz CT molecular complexity index is 1350. The molecule has 4 N–H and O–H groups in total. The van der Waals surface area contributed by atoms with Gasteiger partial charge in [-0.3, -0.25) is 9.89 Å². The van der Waals surface area contributed by atoms with Gasteiger partial charge in [0.1, 0.15) is 18.4 Å². The first-order valence-corrected chi connectivity index (χ1v) is 12.9. The number of fused-ring (bicyclic) bond motifs is 1. The van der Waals surface area contributed by atoms with Gasteiger partial charge in [0.05, 0.1) is 16.4 Å². The number of aryl methyl sites for hydroxylation is 1. The molecule has 5 rings (SSSR count). The fraction of sp³-hybridized carbons (Fsp3) is 0.333. The Morgan fingerprint density at radius 3 is 2.37 bits per heavy atom. The van der Waals surface area contributed by atoms with Crippen molar-refractivity contribution in [3.05, 3.63) is 75.8 Å². The van der Waals surface area contributed by atoms with Crippen molar-refractivity contribution < 1.29 is 9.90 Å². The number of hydrogen-bond donors (Lipinski definition) is 4. The summed E-state index contributed by atoms with van der Waals surface area (Å²) in [6.45, 7) is 14.8. The van der Waals surface area contributed by atoms with Gasteiger partial charge in [-0.15, -0.1) is 13.2 Å². The Morgan fingerprint density at radius 2 is 1.82 bits per heavy atom. The predicted molar refractivity (Wildman–Crippen MR) is 156 cm³/mol. The second kappa shape index (κ2) is 14.9. The number of hydrogen-bond acceptors (Lipinski definition) is 7. The van der Waals surface area contributed by atoms with E-state index in [2.05, 4.69) is 66.6 Å². The van der Waals surface area contributed by atoms with Gasteiger partial charge < -0.3 is 25.2 Å². The lowest BCUT2D eigenvalue weighted by Gasteiger charge is -2.29. The Kier molecular flexibility index (Phi) is 12.0. The number of aromatic nitrogens is 5. The monoisotopic (exact) mass is 585 g/mol. The molecule has 4 aromatic rings. The van der Waals surface area contributed by atoms with Gasteiger partial charge in [0, 0.05) is 29.4 Å². The number of anilines is 1. The van der Waals surface area contributed by atoms with E-state index in [9.17, 15) is 9.90 Å². The van der Waals surface area contributed by atoms with Crippen molar-refractivity contribution in [2.24, 2.45) is 5.92 Å². The summed E-state index contributed by atoms with van der Waals surface area (Å²) in [4.78, 5) is 25.6. The molecule has 1 saturated heterocycles. The fourth-order valence-corrected chi connectivity index (χ4v) is 4.26. The molecule has 1 fully saturated rings. The summed E-state index contributed by atoms with van der Waals surface area (Å²) in [7, 11) is 2.18. The molecule has 0 saturated carbocycles. The molecule has 4 heterocycles. The SMILES string of the molecule is C=C.C=O.CN1CCC(CNc2cc(-c3ccccc3O)nc3c(Br)cnn23)CC1.Cc1[nH][nH]c(=O)c1C. The summed E-state index contributed by atoms with van der Waals surface area (Å²) in [5, 5.41) is 23.3. The molecule has 3 aromatic heterocycles. The third kappa shape index (κ3) is 7.65. The van der Waals surface area contributed by atoms with Crippen LogP contribution in [0, 0.1) is 19.8 Å². The topological polar surface area (TPSA) is 131 Å². The van der Waals surface area contributed by atoms with Crippen LogP contribution in [0.1, 0.15) is 24.1 Å². The van der Waals surface area contributed by atoms with Crippen molar-refractivity contribution in [3.8, 4) is 17.0 Å². The van der Waals surface area contributed by atoms with Crippen molar-refractivity contribution >= 4 is 34.2 Å². The van der Waals surface area contributed by atoms with Crippen LogP contribution >= 0.6 is 15.9 Å². The van der Waals surface area contributed by atoms with Crippen LogP contribution in [0.4, 0.5) is 5.82 Å². The molecule has 1 aromatic carbocycles. The summed E-state index contributed by atoms with van der Waals surface area (Å²) in [6, 6.07) is 9.22. The summed E-state index contributed by atoms with van der Waals surface area (Å²) >= 11 is 3.52. The average Bonchev–Trinajstić information content (AvgIpc) is 3.47. The number of phenolic OH excluding ortho intramolecular Hbond substituents is 1. The van der Waals surface area contributed by atoms with Crippen molar-refractivity contribution in [1.29, 1.82) is 0 Å². The van der Waals surface area contributed by atoms with Gasteiger partial charge in [0.15, 0.2) is 5.65 Å². The maximum Gasteiger partial charge on any atom is 0.267 e. The molecule has 0 bridgehead atoms. The fourth-order valence-electron chi connectivity index (χ4n) is 3.91. The van der Waals surface area contributed by atoms with Crippen LogP contribution in [0.25, 0.3) is 16.9 Å². The van der Waals surface area contributed by atoms with Crippen LogP contribution in [0.15, 0.2) is 59.0 Å². The van der Waals surface area contributed by atoms with Gasteiger partial charge in [-0.2, -0.15) is 9.61 Å². The van der Waals surface area contributed by atoms with Crippen LogP contribution in [-0.4, -0.2) is 68.3 Å². The molecule has 0 aliphatic carbocycles. The van der Waals surface area contributed by atoms with E-state index in [0.29, 0.717) is 11.5 Å². The van der Waals surface area contributed by atoms with Gasteiger partial charge in [0.25, 0.3) is 5.56 Å². The highest BCUT2D eigenvalue weighted by Gasteiger charge is 2.18. The van der Waals surface area contributed by atoms with E-state index in [1.165, 1.54) is 12.8 Å². The number of halogens is 1. The number of phenols is 1. The number of piperidine rings is 1. The number of aromatic amines is 2. The standard InChI is InChI=1S/C19H22BrN5O.C5H8N2O.C2H4.CH2O/c1-24-8-6-13(7-9-24)11-21-18-10-16(14-4-2-3-5-17(14)26)23-19-15(20)12-22-25(18)19;1-3-4(2)6-7-5(3)8;2*1-2/h2-5,10,12-13,21,26H,6-9,11H2,1H3;1-2H3,(H2,6,7,8);1-2H2;1H2. The number of rotatable bonds is 4. The largest absolute Gasteiger partial charge is 0.507 e. The Morgan fingerprint density at radius 1 is 1.16 bits per heavy atom. The zero-order valence-corrected chi connectivity index (χ0v) is 23.7. The van der Waals surface area contributed by atoms with Crippen molar-refractivity contribution in [3.63, 3.8) is 0 Å². The van der Waals surface area contributed by atoms with Gasteiger partial charge >= 0.3 is 0 Å². The van der Waals surface area contributed by atoms with Gasteiger partial charge in [-0.25, -0.2) is 4.98 Å². The number of para-hydroxylation sites is 1. The van der Waals surface area contributed by atoms with E-state index in [1.54, 1.807) is 19.2 Å². The van der Waals surface area contributed by atoms with Gasteiger partial charge in [-0.1, -0.05) is 12.1 Å². The minimum Gasteiger partial charge on any atom is -0.507 e. The van der Waals surface area contributed by atoms with E-state index in [-0.39, 0.29) is 11.3 Å². The van der Waals surface area contributed by atoms with Crippen molar-refractivity contribution in [2.75, 3.05) is 32.0 Å². The molecule has 204 valence electrons. The second-order valence-corrected chi connectivity index (χ2v) is 9.58. The Hall–Kier alpha value is -3.70. The molecular weight excluding hydrogens is 550 g/mol. The molecular formula is C27H36BrN7O3. The van der Waals surface area contributed by atoms with E-state index in [1.807, 2.05) is 42.5 Å². The molecule has 1 aliphatic heterocycles. The number of aromatic hydroxyl groups is 1. The first-order chi connectivity index (χ1) is 18.3. The van der Waals surface area contributed by atoms with Crippen molar-refractivity contribution in [2.45, 2.75) is 26.7 Å². The Balaban J connectivity index is 0.000000356. The van der Waals surface area contributed by atoms with Crippen LogP contribution in [0.5, 0.6) is 5.75 Å². The second-order valence-electron chi connectivity index (χ2n) is 8.73. The predicted octanol–water partition coefficient (Wildman–Crippen LogP) is 4.56. The number of nitrogens with zero attached hydrogens (tertiary/aromatic N) is 4. The van der Waals surface area contributed by atoms with Crippen LogP contribution in [0.3, 0.4) is 0 Å². The number of likely N-dealkylation sites (tertiary alicyclic amines) is 1. The molecule has 10 nitrogen and oxygen atoms in total. The highest BCUT2D eigenvalue weighted by molar-refractivity contribution is 9.10. The number of H-pyrrole nitrogens is 2. The first kappa shape index (κ1) is 30.5. The highest BCUT2D eigenvalue weighted by Crippen LogP contribution is 2.31. The van der Waals surface area contributed by atoms with Crippen LogP contribution in [-0.2, 0) is 4.79 Å².